The van der Waals surface area contributed by atoms with Crippen molar-refractivity contribution in [1.82, 2.24) is 0 Å². The molecule has 0 unspecified atom stereocenters. The van der Waals surface area contributed by atoms with E-state index < -0.39 is 17.0 Å². The van der Waals surface area contributed by atoms with Crippen LogP contribution in [0, 0.1) is 5.82 Å². The summed E-state index contributed by atoms with van der Waals surface area (Å²) in [5.41, 5.74) is 0. The van der Waals surface area contributed by atoms with E-state index in [1.807, 2.05) is 0 Å². The van der Waals surface area contributed by atoms with Crippen LogP contribution in [0.1, 0.15) is 12.8 Å². The molecule has 0 atom stereocenters. The summed E-state index contributed by atoms with van der Waals surface area (Å²) in [5.74, 6) is -0.836. The second-order valence-electron chi connectivity index (χ2n) is 2.90. The molecule has 0 aliphatic rings. The van der Waals surface area contributed by atoms with E-state index in [-0.39, 0.29) is 18.6 Å². The first-order chi connectivity index (χ1) is 7.49. The lowest BCUT2D eigenvalue weighted by Crippen LogP contribution is -2.09. The number of hydrogen-bond acceptors (Lipinski definition) is 3. The van der Waals surface area contributed by atoms with E-state index in [1.54, 1.807) is 0 Å². The first-order valence-electron chi connectivity index (χ1n) is 4.33. The van der Waals surface area contributed by atoms with Gasteiger partial charge in [0.2, 0.25) is 5.24 Å². The van der Waals surface area contributed by atoms with Crippen LogP contribution < -0.4 is 4.74 Å². The lowest BCUT2D eigenvalue weighted by atomic mass is 10.3. The molecule has 0 N–H and O–H groups in total. The fourth-order valence-electron chi connectivity index (χ4n) is 0.932. The minimum Gasteiger partial charge on any atom is -0.425 e. The minimum absolute atomic E-state index is 0.0841. The standard InChI is InChI=1S/C10H7BrClFO3/c11-7-5-6(13)1-2-8(7)16-10(15)4-3-9(12)14/h1-2,5H,3-4H2. The van der Waals surface area contributed by atoms with E-state index in [9.17, 15) is 14.0 Å². The molecule has 0 aliphatic heterocycles. The molecule has 0 radical (unpaired) electrons. The van der Waals surface area contributed by atoms with Crippen LogP contribution in [-0.4, -0.2) is 11.2 Å². The first-order valence-corrected chi connectivity index (χ1v) is 5.50. The maximum Gasteiger partial charge on any atom is 0.311 e. The third-order valence-corrected chi connectivity index (χ3v) is 2.45. The zero-order valence-corrected chi connectivity index (χ0v) is 10.3. The van der Waals surface area contributed by atoms with Crippen molar-refractivity contribution in [2.24, 2.45) is 0 Å². The quantitative estimate of drug-likeness (QED) is 0.488. The molecular weight excluding hydrogens is 302 g/mol. The van der Waals surface area contributed by atoms with E-state index in [4.69, 9.17) is 16.3 Å². The zero-order valence-electron chi connectivity index (χ0n) is 8.00. The summed E-state index contributed by atoms with van der Waals surface area (Å²) < 4.78 is 17.9. The van der Waals surface area contributed by atoms with Crippen molar-refractivity contribution < 1.29 is 18.7 Å². The first kappa shape index (κ1) is 13.1. The lowest BCUT2D eigenvalue weighted by Gasteiger charge is -2.05. The molecule has 86 valence electrons. The van der Waals surface area contributed by atoms with Gasteiger partial charge in [-0.2, -0.15) is 0 Å². The maximum absolute atomic E-state index is 12.7. The van der Waals surface area contributed by atoms with Gasteiger partial charge in [-0.15, -0.1) is 0 Å². The van der Waals surface area contributed by atoms with Gasteiger partial charge in [-0.1, -0.05) is 0 Å². The Hall–Kier alpha value is -0.940. The maximum atomic E-state index is 12.7. The predicted molar refractivity (Wildman–Crippen MR) is 59.8 cm³/mol. The average molecular weight is 310 g/mol. The van der Waals surface area contributed by atoms with Crippen molar-refractivity contribution in [3.05, 3.63) is 28.5 Å². The van der Waals surface area contributed by atoms with Crippen molar-refractivity contribution in [3.8, 4) is 5.75 Å². The highest BCUT2D eigenvalue weighted by atomic mass is 79.9. The molecule has 0 spiro atoms. The Kier molecular flexibility index (Phi) is 4.89. The van der Waals surface area contributed by atoms with Gasteiger partial charge >= 0.3 is 5.97 Å². The molecule has 0 heterocycles. The molecule has 0 fully saturated rings. The van der Waals surface area contributed by atoms with Crippen LogP contribution in [0.15, 0.2) is 22.7 Å². The smallest absolute Gasteiger partial charge is 0.311 e. The van der Waals surface area contributed by atoms with Gasteiger partial charge < -0.3 is 4.74 Å². The van der Waals surface area contributed by atoms with Gasteiger partial charge in [-0.3, -0.25) is 9.59 Å². The zero-order chi connectivity index (χ0) is 12.1. The third-order valence-electron chi connectivity index (χ3n) is 1.64. The molecule has 0 aliphatic carbocycles. The molecule has 1 aromatic carbocycles. The lowest BCUT2D eigenvalue weighted by molar-refractivity contribution is -0.135. The van der Waals surface area contributed by atoms with Crippen molar-refractivity contribution in [2.75, 3.05) is 0 Å². The summed E-state index contributed by atoms with van der Waals surface area (Å²) in [4.78, 5) is 21.6. The second-order valence-corrected chi connectivity index (χ2v) is 4.18. The molecule has 3 nitrogen and oxygen atoms in total. The van der Waals surface area contributed by atoms with E-state index in [1.165, 1.54) is 18.2 Å². The van der Waals surface area contributed by atoms with Crippen molar-refractivity contribution in [1.29, 1.82) is 0 Å². The fraction of sp³-hybridized carbons (Fsp3) is 0.200. The summed E-state index contributed by atoms with van der Waals surface area (Å²) in [5, 5.41) is -0.602. The van der Waals surface area contributed by atoms with Gasteiger partial charge in [0, 0.05) is 6.42 Å². The van der Waals surface area contributed by atoms with Crippen LogP contribution in [0.4, 0.5) is 4.39 Å². The summed E-state index contributed by atoms with van der Waals surface area (Å²) in [7, 11) is 0. The summed E-state index contributed by atoms with van der Waals surface area (Å²) in [6.45, 7) is 0. The van der Waals surface area contributed by atoms with Gasteiger partial charge in [0.1, 0.15) is 11.6 Å². The Bertz CT molecular complexity index is 423. The molecule has 0 amide bonds. The van der Waals surface area contributed by atoms with Gasteiger partial charge in [-0.25, -0.2) is 4.39 Å². The molecule has 16 heavy (non-hydrogen) atoms. The average Bonchev–Trinajstić information content (AvgIpc) is 2.19. The van der Waals surface area contributed by atoms with E-state index in [0.717, 1.165) is 0 Å². The molecule has 1 aromatic rings. The molecule has 0 saturated carbocycles. The van der Waals surface area contributed by atoms with Crippen molar-refractivity contribution >= 4 is 38.7 Å². The van der Waals surface area contributed by atoms with Gasteiger partial charge in [0.15, 0.2) is 0 Å². The normalized spacial score (nSPS) is 9.94. The Morgan fingerprint density at radius 2 is 2.06 bits per heavy atom. The Morgan fingerprint density at radius 1 is 1.38 bits per heavy atom. The summed E-state index contributed by atoms with van der Waals surface area (Å²) >= 11 is 8.12. The Morgan fingerprint density at radius 3 is 2.62 bits per heavy atom. The number of carbonyl (C=O) groups is 2. The second kappa shape index (κ2) is 5.96. The van der Waals surface area contributed by atoms with Crippen LogP contribution in [0.5, 0.6) is 5.75 Å². The number of hydrogen-bond donors (Lipinski definition) is 0. The van der Waals surface area contributed by atoms with Crippen LogP contribution in [0.3, 0.4) is 0 Å². The SMILES string of the molecule is O=C(Cl)CCC(=O)Oc1ccc(F)cc1Br. The number of ether oxygens (including phenoxy) is 1. The molecule has 0 saturated heterocycles. The monoisotopic (exact) mass is 308 g/mol. The van der Waals surface area contributed by atoms with Gasteiger partial charge in [-0.05, 0) is 45.7 Å². The number of rotatable bonds is 4. The Balaban J connectivity index is 2.59. The topological polar surface area (TPSA) is 43.4 Å². The van der Waals surface area contributed by atoms with Crippen LogP contribution in [-0.2, 0) is 9.59 Å². The number of halogens is 3. The molecule has 0 bridgehead atoms. The highest BCUT2D eigenvalue weighted by Gasteiger charge is 2.10. The largest absolute Gasteiger partial charge is 0.425 e. The van der Waals surface area contributed by atoms with E-state index >= 15 is 0 Å². The molecular formula is C10H7BrClFO3. The van der Waals surface area contributed by atoms with Crippen molar-refractivity contribution in [3.63, 3.8) is 0 Å². The number of benzene rings is 1. The minimum atomic E-state index is -0.602. The number of carbonyl (C=O) groups excluding carboxylic acids is 2. The summed E-state index contributed by atoms with van der Waals surface area (Å²) in [6, 6.07) is 3.66. The number of esters is 1. The highest BCUT2D eigenvalue weighted by molar-refractivity contribution is 9.10. The highest BCUT2D eigenvalue weighted by Crippen LogP contribution is 2.25. The van der Waals surface area contributed by atoms with Crippen molar-refractivity contribution in [2.45, 2.75) is 12.8 Å². The fourth-order valence-corrected chi connectivity index (χ4v) is 1.46. The van der Waals surface area contributed by atoms with Crippen LogP contribution in [0.2, 0.25) is 0 Å². The Labute approximate surface area is 105 Å². The van der Waals surface area contributed by atoms with Gasteiger partial charge in [0.25, 0.3) is 0 Å². The third kappa shape index (κ3) is 4.28. The predicted octanol–water partition coefficient (Wildman–Crippen LogP) is 3.04. The van der Waals surface area contributed by atoms with E-state index in [0.29, 0.717) is 4.47 Å². The van der Waals surface area contributed by atoms with E-state index in [2.05, 4.69) is 15.9 Å². The molecule has 0 aromatic heterocycles. The van der Waals surface area contributed by atoms with Crippen LogP contribution in [0.25, 0.3) is 0 Å². The van der Waals surface area contributed by atoms with Gasteiger partial charge in [0.05, 0.1) is 10.9 Å². The summed E-state index contributed by atoms with van der Waals surface area (Å²) in [6.07, 6.45) is -0.189. The van der Waals surface area contributed by atoms with Crippen LogP contribution >= 0.6 is 27.5 Å². The molecule has 6 heteroatoms. The molecule has 1 rings (SSSR count).